The lowest BCUT2D eigenvalue weighted by molar-refractivity contribution is 0.0737. The molecule has 3 heterocycles. The van der Waals surface area contributed by atoms with Crippen LogP contribution in [0.4, 0.5) is 0 Å². The molecule has 0 unspecified atom stereocenters. The highest BCUT2D eigenvalue weighted by molar-refractivity contribution is 6.00. The fourth-order valence-corrected chi connectivity index (χ4v) is 3.78. The molecule has 1 amide bonds. The molecular formula is C17H19N3O. The SMILES string of the molecule is CCc1ncn2c1[C@@H]1CCCN1C(=O)c1c(C)cccc1-2. The van der Waals surface area contributed by atoms with Gasteiger partial charge in [0.15, 0.2) is 0 Å². The Bertz CT molecular complexity index is 732. The van der Waals surface area contributed by atoms with Gasteiger partial charge >= 0.3 is 0 Å². The maximum atomic E-state index is 13.0. The van der Waals surface area contributed by atoms with E-state index in [0.717, 1.165) is 48.3 Å². The predicted octanol–water partition coefficient (Wildman–Crippen LogP) is 3.03. The van der Waals surface area contributed by atoms with Crippen molar-refractivity contribution in [3.05, 3.63) is 47.0 Å². The summed E-state index contributed by atoms with van der Waals surface area (Å²) in [6, 6.07) is 6.26. The lowest BCUT2D eigenvalue weighted by Crippen LogP contribution is -2.30. The minimum Gasteiger partial charge on any atom is -0.330 e. The average Bonchev–Trinajstić information content (AvgIpc) is 3.10. The van der Waals surface area contributed by atoms with E-state index in [9.17, 15) is 4.79 Å². The Morgan fingerprint density at radius 3 is 3.05 bits per heavy atom. The van der Waals surface area contributed by atoms with Gasteiger partial charge in [-0.2, -0.15) is 0 Å². The summed E-state index contributed by atoms with van der Waals surface area (Å²) in [5, 5.41) is 0. The van der Waals surface area contributed by atoms with E-state index in [1.807, 2.05) is 36.4 Å². The van der Waals surface area contributed by atoms with Gasteiger partial charge in [0.25, 0.3) is 5.91 Å². The molecule has 4 rings (SSSR count). The molecule has 4 heteroatoms. The maximum absolute atomic E-state index is 13.0. The van der Waals surface area contributed by atoms with Gasteiger partial charge in [0, 0.05) is 6.54 Å². The van der Waals surface area contributed by atoms with Crippen molar-refractivity contribution in [3.63, 3.8) is 0 Å². The van der Waals surface area contributed by atoms with E-state index in [-0.39, 0.29) is 11.9 Å². The number of nitrogens with zero attached hydrogens (tertiary/aromatic N) is 3. The standard InChI is InChI=1S/C17H19N3O/c1-3-12-16-14-8-5-9-19(14)17(21)15-11(2)6-4-7-13(15)20(16)10-18-12/h4,6-7,10,14H,3,5,8-9H2,1-2H3/t14-/m0/s1. The first-order valence-corrected chi connectivity index (χ1v) is 7.69. The number of aromatic nitrogens is 2. The second-order valence-corrected chi connectivity index (χ2v) is 5.93. The third-order valence-electron chi connectivity index (χ3n) is 4.77. The van der Waals surface area contributed by atoms with Gasteiger partial charge in [-0.05, 0) is 37.8 Å². The van der Waals surface area contributed by atoms with E-state index in [1.165, 1.54) is 5.69 Å². The summed E-state index contributed by atoms with van der Waals surface area (Å²) < 4.78 is 2.15. The molecule has 1 saturated heterocycles. The fraction of sp³-hybridized carbons (Fsp3) is 0.412. The monoisotopic (exact) mass is 281 g/mol. The minimum atomic E-state index is 0.177. The zero-order valence-electron chi connectivity index (χ0n) is 12.5. The van der Waals surface area contributed by atoms with Crippen LogP contribution in [0.3, 0.4) is 0 Å². The lowest BCUT2D eigenvalue weighted by atomic mass is 10.1. The Labute approximate surface area is 124 Å². The van der Waals surface area contributed by atoms with Crippen LogP contribution in [0.2, 0.25) is 0 Å². The van der Waals surface area contributed by atoms with Crippen LogP contribution in [0.5, 0.6) is 0 Å². The second-order valence-electron chi connectivity index (χ2n) is 5.93. The van der Waals surface area contributed by atoms with Gasteiger partial charge in [-0.1, -0.05) is 19.1 Å². The molecule has 0 spiro atoms. The zero-order chi connectivity index (χ0) is 14.6. The third kappa shape index (κ3) is 1.62. The summed E-state index contributed by atoms with van der Waals surface area (Å²) in [5.74, 6) is 0.177. The van der Waals surface area contributed by atoms with Crippen molar-refractivity contribution >= 4 is 5.91 Å². The van der Waals surface area contributed by atoms with Crippen molar-refractivity contribution in [2.75, 3.05) is 6.54 Å². The molecule has 1 fully saturated rings. The molecule has 0 saturated carbocycles. The number of rotatable bonds is 1. The molecule has 21 heavy (non-hydrogen) atoms. The Hall–Kier alpha value is -2.10. The molecule has 1 atom stereocenters. The van der Waals surface area contributed by atoms with Crippen molar-refractivity contribution in [3.8, 4) is 5.69 Å². The van der Waals surface area contributed by atoms with Crippen molar-refractivity contribution in [1.82, 2.24) is 14.5 Å². The van der Waals surface area contributed by atoms with Gasteiger partial charge in [-0.3, -0.25) is 4.79 Å². The number of carbonyl (C=O) groups is 1. The van der Waals surface area contributed by atoms with Gasteiger partial charge < -0.3 is 9.47 Å². The molecule has 108 valence electrons. The second kappa shape index (κ2) is 4.45. The molecule has 2 aliphatic heterocycles. The summed E-state index contributed by atoms with van der Waals surface area (Å²) >= 11 is 0. The molecule has 1 aromatic carbocycles. The van der Waals surface area contributed by atoms with Gasteiger partial charge in [-0.25, -0.2) is 4.98 Å². The summed E-state index contributed by atoms with van der Waals surface area (Å²) in [6.45, 7) is 5.00. The Morgan fingerprint density at radius 1 is 1.38 bits per heavy atom. The van der Waals surface area contributed by atoms with Gasteiger partial charge in [0.05, 0.1) is 35.0 Å². The van der Waals surface area contributed by atoms with E-state index < -0.39 is 0 Å². The van der Waals surface area contributed by atoms with Crippen LogP contribution in [0, 0.1) is 6.92 Å². The third-order valence-corrected chi connectivity index (χ3v) is 4.77. The summed E-state index contributed by atoms with van der Waals surface area (Å²) in [7, 11) is 0. The summed E-state index contributed by atoms with van der Waals surface area (Å²) in [5.41, 5.74) is 5.20. The fourth-order valence-electron chi connectivity index (χ4n) is 3.78. The zero-order valence-corrected chi connectivity index (χ0v) is 12.5. The van der Waals surface area contributed by atoms with E-state index >= 15 is 0 Å². The molecule has 0 N–H and O–H groups in total. The molecule has 2 aromatic rings. The smallest absolute Gasteiger partial charge is 0.256 e. The number of amides is 1. The van der Waals surface area contributed by atoms with Crippen LogP contribution in [0.15, 0.2) is 24.5 Å². The first-order valence-electron chi connectivity index (χ1n) is 7.69. The Morgan fingerprint density at radius 2 is 2.24 bits per heavy atom. The van der Waals surface area contributed by atoms with E-state index in [2.05, 4.69) is 16.5 Å². The van der Waals surface area contributed by atoms with E-state index in [4.69, 9.17) is 0 Å². The number of aryl methyl sites for hydroxylation is 2. The molecule has 2 aliphatic rings. The topological polar surface area (TPSA) is 38.1 Å². The average molecular weight is 281 g/mol. The van der Waals surface area contributed by atoms with Gasteiger partial charge in [0.2, 0.25) is 0 Å². The molecule has 4 nitrogen and oxygen atoms in total. The Balaban J connectivity index is 2.06. The molecular weight excluding hydrogens is 262 g/mol. The van der Waals surface area contributed by atoms with Crippen LogP contribution < -0.4 is 0 Å². The number of imidazole rings is 1. The van der Waals surface area contributed by atoms with E-state index in [1.54, 1.807) is 0 Å². The number of fused-ring (bicyclic) bond motifs is 5. The highest BCUT2D eigenvalue weighted by Crippen LogP contribution is 2.40. The summed E-state index contributed by atoms with van der Waals surface area (Å²) in [6.07, 6.45) is 4.91. The van der Waals surface area contributed by atoms with Crippen LogP contribution >= 0.6 is 0 Å². The molecule has 0 aliphatic carbocycles. The largest absolute Gasteiger partial charge is 0.330 e. The Kier molecular flexibility index (Phi) is 2.67. The van der Waals surface area contributed by atoms with Crippen LogP contribution in [-0.2, 0) is 6.42 Å². The first-order chi connectivity index (χ1) is 10.2. The van der Waals surface area contributed by atoms with E-state index in [0.29, 0.717) is 0 Å². The number of hydrogen-bond donors (Lipinski definition) is 0. The lowest BCUT2D eigenvalue weighted by Gasteiger charge is -2.23. The number of benzene rings is 1. The van der Waals surface area contributed by atoms with Crippen molar-refractivity contribution in [2.45, 2.75) is 39.2 Å². The normalized spacial score (nSPS) is 20.0. The minimum absolute atomic E-state index is 0.177. The van der Waals surface area contributed by atoms with Gasteiger partial charge in [0.1, 0.15) is 0 Å². The van der Waals surface area contributed by atoms with Crippen LogP contribution in [0.1, 0.15) is 53.1 Å². The number of hydrogen-bond acceptors (Lipinski definition) is 2. The van der Waals surface area contributed by atoms with Gasteiger partial charge in [-0.15, -0.1) is 0 Å². The van der Waals surface area contributed by atoms with Crippen molar-refractivity contribution in [1.29, 1.82) is 0 Å². The van der Waals surface area contributed by atoms with Crippen LogP contribution in [0.25, 0.3) is 5.69 Å². The van der Waals surface area contributed by atoms with Crippen LogP contribution in [-0.4, -0.2) is 26.9 Å². The predicted molar refractivity (Wildman–Crippen MR) is 80.7 cm³/mol. The summed E-state index contributed by atoms with van der Waals surface area (Å²) in [4.78, 5) is 19.6. The quantitative estimate of drug-likeness (QED) is 0.806. The van der Waals surface area contributed by atoms with Crippen molar-refractivity contribution in [2.24, 2.45) is 0 Å². The highest BCUT2D eigenvalue weighted by Gasteiger charge is 2.38. The first kappa shape index (κ1) is 12.6. The highest BCUT2D eigenvalue weighted by atomic mass is 16.2. The van der Waals surface area contributed by atoms with Crippen molar-refractivity contribution < 1.29 is 4.79 Å². The number of carbonyl (C=O) groups excluding carboxylic acids is 1. The molecule has 1 aromatic heterocycles. The maximum Gasteiger partial charge on any atom is 0.256 e. The molecule has 0 radical (unpaired) electrons. The molecule has 0 bridgehead atoms.